The number of phenols is 1. The Balaban J connectivity index is 1.70. The molecule has 3 rings (SSSR count). The van der Waals surface area contributed by atoms with Gasteiger partial charge in [0.25, 0.3) is 5.91 Å². The highest BCUT2D eigenvalue weighted by Crippen LogP contribution is 2.31. The highest BCUT2D eigenvalue weighted by Gasteiger charge is 2.30. The smallest absolute Gasteiger partial charge is 0.416 e. The van der Waals surface area contributed by atoms with Crippen LogP contribution in [0.3, 0.4) is 0 Å². The molecule has 0 radical (unpaired) electrons. The number of aromatic nitrogens is 1. The molecule has 0 bridgehead atoms. The molecular weight excluding hydrogens is 401 g/mol. The maximum atomic E-state index is 12.8. The number of carbonyl (C=O) groups excluding carboxylic acids is 1. The lowest BCUT2D eigenvalue weighted by Crippen LogP contribution is -2.11. The van der Waals surface area contributed by atoms with Crippen molar-refractivity contribution in [2.45, 2.75) is 12.6 Å². The van der Waals surface area contributed by atoms with Crippen molar-refractivity contribution in [1.82, 2.24) is 4.98 Å². The molecule has 1 heterocycles. The van der Waals surface area contributed by atoms with Crippen molar-refractivity contribution < 1.29 is 23.1 Å². The third-order valence-electron chi connectivity index (χ3n) is 3.62. The predicted molar refractivity (Wildman–Crippen MR) is 97.4 cm³/mol. The number of alkyl halides is 3. The van der Waals surface area contributed by atoms with Crippen molar-refractivity contribution in [2.75, 3.05) is 5.32 Å². The van der Waals surface area contributed by atoms with E-state index < -0.39 is 17.6 Å². The summed E-state index contributed by atoms with van der Waals surface area (Å²) in [5.74, 6) is -0.595. The Kier molecular flexibility index (Phi) is 5.38. The molecule has 1 amide bonds. The number of hydrogen-bond donors (Lipinski definition) is 2. The number of carbonyl (C=O) groups is 1. The first-order valence-corrected chi connectivity index (χ1v) is 8.82. The number of nitrogens with zero attached hydrogens (tertiary/aromatic N) is 1. The van der Waals surface area contributed by atoms with Gasteiger partial charge in [0.2, 0.25) is 0 Å². The van der Waals surface area contributed by atoms with Gasteiger partial charge in [0, 0.05) is 23.1 Å². The summed E-state index contributed by atoms with van der Waals surface area (Å²) in [6, 6.07) is 9.11. The number of anilines is 1. The van der Waals surface area contributed by atoms with E-state index in [4.69, 9.17) is 11.6 Å². The molecule has 140 valence electrons. The van der Waals surface area contributed by atoms with Crippen LogP contribution in [-0.2, 0) is 12.6 Å². The first kappa shape index (κ1) is 19.2. The van der Waals surface area contributed by atoms with Gasteiger partial charge in [-0.2, -0.15) is 13.2 Å². The lowest BCUT2D eigenvalue weighted by atomic mass is 10.1. The van der Waals surface area contributed by atoms with Crippen LogP contribution in [0.25, 0.3) is 0 Å². The predicted octanol–water partition coefficient (Wildman–Crippen LogP) is 5.36. The minimum Gasteiger partial charge on any atom is -0.506 e. The fraction of sp³-hybridized carbons (Fsp3) is 0.111. The number of nitrogens with one attached hydrogen (secondary N) is 1. The van der Waals surface area contributed by atoms with E-state index >= 15 is 0 Å². The Hall–Kier alpha value is -2.58. The van der Waals surface area contributed by atoms with E-state index in [9.17, 15) is 23.1 Å². The van der Waals surface area contributed by atoms with Crippen LogP contribution in [0.5, 0.6) is 5.75 Å². The first-order valence-electron chi connectivity index (χ1n) is 7.63. The van der Waals surface area contributed by atoms with Crippen LogP contribution in [0.1, 0.15) is 26.4 Å². The largest absolute Gasteiger partial charge is 0.506 e. The number of rotatable bonds is 4. The van der Waals surface area contributed by atoms with Crippen LogP contribution in [-0.4, -0.2) is 16.0 Å². The van der Waals surface area contributed by atoms with Gasteiger partial charge in [0.1, 0.15) is 5.75 Å². The molecule has 9 heteroatoms. The number of benzene rings is 2. The monoisotopic (exact) mass is 412 g/mol. The van der Waals surface area contributed by atoms with Gasteiger partial charge in [-0.05, 0) is 29.8 Å². The lowest BCUT2D eigenvalue weighted by Gasteiger charge is -2.07. The summed E-state index contributed by atoms with van der Waals surface area (Å²) < 4.78 is 38.4. The van der Waals surface area contributed by atoms with Gasteiger partial charge in [-0.3, -0.25) is 10.1 Å². The van der Waals surface area contributed by atoms with Gasteiger partial charge in [-0.25, -0.2) is 4.98 Å². The maximum absolute atomic E-state index is 12.8. The van der Waals surface area contributed by atoms with E-state index in [1.165, 1.54) is 30.5 Å². The molecular formula is C18H12ClF3N2O2S. The Morgan fingerprint density at radius 3 is 2.70 bits per heavy atom. The second-order valence-corrected chi connectivity index (χ2v) is 7.15. The Morgan fingerprint density at radius 2 is 2.00 bits per heavy atom. The third-order valence-corrected chi connectivity index (χ3v) is 4.83. The van der Waals surface area contributed by atoms with Gasteiger partial charge < -0.3 is 5.11 Å². The van der Waals surface area contributed by atoms with Crippen LogP contribution < -0.4 is 5.32 Å². The van der Waals surface area contributed by atoms with E-state index in [1.54, 1.807) is 6.07 Å². The molecule has 3 aromatic rings. The average molecular weight is 413 g/mol. The average Bonchev–Trinajstić information content (AvgIpc) is 3.03. The van der Waals surface area contributed by atoms with Gasteiger partial charge in [-0.15, -0.1) is 11.3 Å². The molecule has 0 fully saturated rings. The fourth-order valence-corrected chi connectivity index (χ4v) is 3.35. The molecule has 0 saturated carbocycles. The van der Waals surface area contributed by atoms with E-state index in [1.807, 2.05) is 0 Å². The van der Waals surface area contributed by atoms with Crippen molar-refractivity contribution in [3.05, 3.63) is 75.3 Å². The van der Waals surface area contributed by atoms with Crippen LogP contribution in [0, 0.1) is 0 Å². The summed E-state index contributed by atoms with van der Waals surface area (Å²) in [5.41, 5.74) is 0.0337. The summed E-state index contributed by atoms with van der Waals surface area (Å²) in [6.07, 6.45) is -2.62. The minimum absolute atomic E-state index is 0.0482. The molecule has 2 N–H and O–H groups in total. The van der Waals surface area contributed by atoms with Gasteiger partial charge in [-0.1, -0.05) is 29.8 Å². The second-order valence-electron chi connectivity index (χ2n) is 5.63. The quantitative estimate of drug-likeness (QED) is 0.606. The second kappa shape index (κ2) is 7.58. The summed E-state index contributed by atoms with van der Waals surface area (Å²) in [4.78, 5) is 17.0. The Morgan fingerprint density at radius 1 is 1.22 bits per heavy atom. The van der Waals surface area contributed by atoms with E-state index in [0.29, 0.717) is 15.6 Å². The Labute approximate surface area is 161 Å². The van der Waals surface area contributed by atoms with Crippen molar-refractivity contribution >= 4 is 34.0 Å². The first-order chi connectivity index (χ1) is 12.7. The number of amides is 1. The number of halogens is 4. The zero-order chi connectivity index (χ0) is 19.6. The molecule has 0 aliphatic heterocycles. The highest BCUT2D eigenvalue weighted by molar-refractivity contribution is 7.15. The van der Waals surface area contributed by atoms with Crippen molar-refractivity contribution in [2.24, 2.45) is 0 Å². The fourth-order valence-electron chi connectivity index (χ4n) is 2.32. The topological polar surface area (TPSA) is 62.2 Å². The minimum atomic E-state index is -4.39. The summed E-state index contributed by atoms with van der Waals surface area (Å²) in [6.45, 7) is 0. The van der Waals surface area contributed by atoms with Gasteiger partial charge in [0.15, 0.2) is 5.13 Å². The van der Waals surface area contributed by atoms with Crippen molar-refractivity contribution in [3.63, 3.8) is 0 Å². The van der Waals surface area contributed by atoms with Crippen LogP contribution in [0.15, 0.2) is 48.7 Å². The zero-order valence-electron chi connectivity index (χ0n) is 13.5. The molecule has 1 aromatic heterocycles. The van der Waals surface area contributed by atoms with E-state index in [-0.39, 0.29) is 22.8 Å². The van der Waals surface area contributed by atoms with E-state index in [2.05, 4.69) is 10.3 Å². The number of hydrogen-bond acceptors (Lipinski definition) is 4. The number of phenolic OH excluding ortho intramolecular Hbond substituents is 1. The van der Waals surface area contributed by atoms with Crippen molar-refractivity contribution in [1.29, 1.82) is 0 Å². The van der Waals surface area contributed by atoms with Crippen LogP contribution in [0.2, 0.25) is 5.02 Å². The van der Waals surface area contributed by atoms with Crippen LogP contribution in [0.4, 0.5) is 18.3 Å². The number of thiazole rings is 1. The molecule has 0 aliphatic carbocycles. The molecule has 0 unspecified atom stereocenters. The molecule has 0 aliphatic rings. The molecule has 4 nitrogen and oxygen atoms in total. The molecule has 27 heavy (non-hydrogen) atoms. The summed E-state index contributed by atoms with van der Waals surface area (Å²) in [7, 11) is 0. The van der Waals surface area contributed by atoms with Crippen molar-refractivity contribution in [3.8, 4) is 5.75 Å². The standard InChI is InChI=1S/C18H12ClF3N2O2S/c19-14-8-11(4-5-15(14)25)16(26)24-17-23-9-13(27-17)7-10-2-1-3-12(6-10)18(20,21)22/h1-6,8-9,25H,7H2,(H,23,24,26). The maximum Gasteiger partial charge on any atom is 0.416 e. The lowest BCUT2D eigenvalue weighted by molar-refractivity contribution is -0.137. The SMILES string of the molecule is O=C(Nc1ncc(Cc2cccc(C(F)(F)F)c2)s1)c1ccc(O)c(Cl)c1. The normalized spacial score (nSPS) is 11.4. The molecule has 0 saturated heterocycles. The summed E-state index contributed by atoms with van der Waals surface area (Å²) >= 11 is 6.94. The summed E-state index contributed by atoms with van der Waals surface area (Å²) in [5, 5.41) is 12.3. The Bertz CT molecular complexity index is 989. The molecule has 2 aromatic carbocycles. The third kappa shape index (κ3) is 4.78. The molecule has 0 atom stereocenters. The van der Waals surface area contributed by atoms with Gasteiger partial charge in [0.05, 0.1) is 10.6 Å². The molecule has 0 spiro atoms. The van der Waals surface area contributed by atoms with Crippen LogP contribution >= 0.6 is 22.9 Å². The number of aromatic hydroxyl groups is 1. The van der Waals surface area contributed by atoms with E-state index in [0.717, 1.165) is 23.5 Å². The highest BCUT2D eigenvalue weighted by atomic mass is 35.5. The zero-order valence-corrected chi connectivity index (χ0v) is 15.1. The van der Waals surface area contributed by atoms with Gasteiger partial charge >= 0.3 is 6.18 Å².